The van der Waals surface area contributed by atoms with E-state index < -0.39 is 9.84 Å². The third kappa shape index (κ3) is 4.26. The molecule has 0 unspecified atom stereocenters. The van der Waals surface area contributed by atoms with Crippen LogP contribution in [0.3, 0.4) is 0 Å². The summed E-state index contributed by atoms with van der Waals surface area (Å²) in [6, 6.07) is 6.79. The van der Waals surface area contributed by atoms with Crippen molar-refractivity contribution in [3.05, 3.63) is 52.7 Å². The molecule has 0 fully saturated rings. The highest BCUT2D eigenvalue weighted by molar-refractivity contribution is 7.90. The highest BCUT2D eigenvalue weighted by atomic mass is 35.5. The lowest BCUT2D eigenvalue weighted by molar-refractivity contribution is 0.355. The van der Waals surface area contributed by atoms with Crippen molar-refractivity contribution in [2.75, 3.05) is 20.5 Å². The Hall–Kier alpha value is -3.41. The topological polar surface area (TPSA) is 125 Å². The lowest BCUT2D eigenvalue weighted by Crippen LogP contribution is -2.04. The maximum atomic E-state index is 12.4. The summed E-state index contributed by atoms with van der Waals surface area (Å²) < 4.78 is 37.2. The number of hydrogen-bond donors (Lipinski definition) is 1. The van der Waals surface area contributed by atoms with E-state index in [1.807, 2.05) is 0 Å². The van der Waals surface area contributed by atoms with Gasteiger partial charge in [-0.15, -0.1) is 0 Å². The summed E-state index contributed by atoms with van der Waals surface area (Å²) in [6.07, 6.45) is 4.28. The van der Waals surface area contributed by atoms with E-state index >= 15 is 0 Å². The molecule has 35 heavy (non-hydrogen) atoms. The fraction of sp³-hybridized carbons (Fsp3) is 0.182. The number of benzene rings is 1. The summed E-state index contributed by atoms with van der Waals surface area (Å²) in [6.45, 7) is 0.227. The Morgan fingerprint density at radius 2 is 1.80 bits per heavy atom. The fourth-order valence-electron chi connectivity index (χ4n) is 3.81. The maximum Gasteiger partial charge on any atom is 0.195 e. The van der Waals surface area contributed by atoms with Crippen LogP contribution in [0.25, 0.3) is 33.2 Å². The predicted molar refractivity (Wildman–Crippen MR) is 132 cm³/mol. The van der Waals surface area contributed by atoms with Crippen LogP contribution in [-0.4, -0.2) is 58.6 Å². The largest absolute Gasteiger partial charge is 0.493 e. The Morgan fingerprint density at radius 1 is 1.06 bits per heavy atom. The van der Waals surface area contributed by atoms with Gasteiger partial charge in [0, 0.05) is 41.2 Å². The summed E-state index contributed by atoms with van der Waals surface area (Å²) in [4.78, 5) is 16.0. The first-order chi connectivity index (χ1) is 16.7. The van der Waals surface area contributed by atoms with Crippen LogP contribution in [0.5, 0.6) is 11.5 Å². The molecule has 4 heterocycles. The smallest absolute Gasteiger partial charge is 0.195 e. The molecule has 0 saturated carbocycles. The molecule has 5 aromatic rings. The zero-order chi connectivity index (χ0) is 24.9. The normalized spacial score (nSPS) is 11.9. The Balaban J connectivity index is 1.68. The first kappa shape index (κ1) is 23.3. The van der Waals surface area contributed by atoms with Gasteiger partial charge in [-0.3, -0.25) is 4.68 Å². The molecule has 0 aliphatic carbocycles. The van der Waals surface area contributed by atoms with Crippen LogP contribution >= 0.6 is 23.2 Å². The van der Waals surface area contributed by atoms with Gasteiger partial charge in [0.05, 0.1) is 31.3 Å². The van der Waals surface area contributed by atoms with Gasteiger partial charge in [0.15, 0.2) is 32.0 Å². The van der Waals surface area contributed by atoms with Gasteiger partial charge < -0.3 is 14.5 Å². The number of aromatic amines is 1. The van der Waals surface area contributed by atoms with E-state index in [2.05, 4.69) is 25.0 Å². The van der Waals surface area contributed by atoms with Gasteiger partial charge in [-0.25, -0.2) is 23.4 Å². The number of methoxy groups -OCH3 is 2. The average molecular weight is 533 g/mol. The fourth-order valence-corrected chi connectivity index (χ4v) is 4.95. The number of pyridine rings is 2. The molecule has 0 spiro atoms. The van der Waals surface area contributed by atoms with Crippen molar-refractivity contribution in [3.8, 4) is 22.6 Å². The van der Waals surface area contributed by atoms with Gasteiger partial charge in [0.2, 0.25) is 0 Å². The SMILES string of the molecule is COc1cc(Cl)c(-c2cnc(S(C)(=O)=O)c3nn(Cc4nc5nc(Cl)ccc5[nH]4)cc23)cc1OC. The van der Waals surface area contributed by atoms with Crippen LogP contribution in [0.4, 0.5) is 0 Å². The van der Waals surface area contributed by atoms with Crippen LogP contribution in [0, 0.1) is 0 Å². The van der Waals surface area contributed by atoms with E-state index in [-0.39, 0.29) is 17.1 Å². The average Bonchev–Trinajstić information content (AvgIpc) is 3.40. The molecule has 0 radical (unpaired) electrons. The summed E-state index contributed by atoms with van der Waals surface area (Å²) in [5.74, 6) is 1.50. The second kappa shape index (κ2) is 8.67. The minimum absolute atomic E-state index is 0.135. The highest BCUT2D eigenvalue weighted by Gasteiger charge is 2.22. The highest BCUT2D eigenvalue weighted by Crippen LogP contribution is 2.41. The third-order valence-corrected chi connectivity index (χ3v) is 6.88. The van der Waals surface area contributed by atoms with Gasteiger partial charge in [0.25, 0.3) is 0 Å². The number of aromatic nitrogens is 6. The van der Waals surface area contributed by atoms with Crippen molar-refractivity contribution in [1.29, 1.82) is 0 Å². The van der Waals surface area contributed by atoms with E-state index in [4.69, 9.17) is 32.7 Å². The van der Waals surface area contributed by atoms with Gasteiger partial charge in [-0.05, 0) is 18.2 Å². The predicted octanol–water partition coefficient (Wildman–Crippen LogP) is 4.15. The van der Waals surface area contributed by atoms with Crippen molar-refractivity contribution in [2.45, 2.75) is 11.6 Å². The molecular formula is C22H18Cl2N6O4S. The number of fused-ring (bicyclic) bond motifs is 2. The molecular weight excluding hydrogens is 515 g/mol. The zero-order valence-electron chi connectivity index (χ0n) is 18.7. The first-order valence-electron chi connectivity index (χ1n) is 10.2. The molecule has 1 N–H and O–H groups in total. The molecule has 4 aromatic heterocycles. The van der Waals surface area contributed by atoms with Gasteiger partial charge in [0.1, 0.15) is 16.5 Å². The number of nitrogens with one attached hydrogen (secondary N) is 1. The number of halogens is 2. The molecule has 5 rings (SSSR count). The molecule has 0 bridgehead atoms. The van der Waals surface area contributed by atoms with Crippen molar-refractivity contribution in [1.82, 2.24) is 29.7 Å². The van der Waals surface area contributed by atoms with Crippen LogP contribution in [0.1, 0.15) is 5.82 Å². The van der Waals surface area contributed by atoms with E-state index in [9.17, 15) is 8.42 Å². The molecule has 180 valence electrons. The monoisotopic (exact) mass is 532 g/mol. The number of sulfone groups is 1. The minimum Gasteiger partial charge on any atom is -0.493 e. The zero-order valence-corrected chi connectivity index (χ0v) is 21.0. The lowest BCUT2D eigenvalue weighted by atomic mass is 10.0. The second-order valence-corrected chi connectivity index (χ2v) is 10.4. The second-order valence-electron chi connectivity index (χ2n) is 7.71. The first-order valence-corrected chi connectivity index (χ1v) is 12.8. The lowest BCUT2D eigenvalue weighted by Gasteiger charge is -2.12. The van der Waals surface area contributed by atoms with E-state index in [1.165, 1.54) is 20.4 Å². The van der Waals surface area contributed by atoms with Gasteiger partial charge in [-0.2, -0.15) is 5.10 Å². The number of hydrogen-bond acceptors (Lipinski definition) is 8. The molecule has 13 heteroatoms. The Morgan fingerprint density at radius 3 is 2.51 bits per heavy atom. The Kier molecular flexibility index (Phi) is 5.78. The Bertz CT molecular complexity index is 1710. The number of rotatable bonds is 6. The molecule has 10 nitrogen and oxygen atoms in total. The van der Waals surface area contributed by atoms with Crippen molar-refractivity contribution in [3.63, 3.8) is 0 Å². The van der Waals surface area contributed by atoms with Crippen LogP contribution in [0.2, 0.25) is 10.2 Å². The van der Waals surface area contributed by atoms with Crippen LogP contribution in [0.15, 0.2) is 41.7 Å². The minimum atomic E-state index is -3.66. The maximum absolute atomic E-state index is 12.4. The van der Waals surface area contributed by atoms with Gasteiger partial charge in [-0.1, -0.05) is 23.2 Å². The van der Waals surface area contributed by atoms with Crippen molar-refractivity contribution in [2.24, 2.45) is 0 Å². The molecule has 1 aromatic carbocycles. The molecule has 0 aliphatic heterocycles. The summed E-state index contributed by atoms with van der Waals surface area (Å²) >= 11 is 12.5. The van der Waals surface area contributed by atoms with E-state index in [0.29, 0.717) is 49.7 Å². The number of imidazole rings is 1. The third-order valence-electron chi connectivity index (χ3n) is 5.35. The molecule has 0 amide bonds. The van der Waals surface area contributed by atoms with Crippen molar-refractivity contribution < 1.29 is 17.9 Å². The number of ether oxygens (including phenoxy) is 2. The Labute approximate surface area is 209 Å². The van der Waals surface area contributed by atoms with E-state index in [0.717, 1.165) is 11.8 Å². The van der Waals surface area contributed by atoms with Crippen LogP contribution in [-0.2, 0) is 16.4 Å². The standard InChI is InChI=1S/C22H18Cl2N6O4S/c1-33-16-6-11(14(23)7-17(16)34-2)12-8-25-22(35(3,31)32)20-13(12)9-30(29-20)10-19-26-15-4-5-18(24)27-21(15)28-19/h4-9H,10H2,1-3H3,(H,26,27,28). The number of nitrogens with zero attached hydrogens (tertiary/aromatic N) is 5. The molecule has 0 atom stereocenters. The molecule has 0 aliphatic rings. The van der Waals surface area contributed by atoms with Crippen LogP contribution < -0.4 is 9.47 Å². The van der Waals surface area contributed by atoms with E-state index in [1.54, 1.807) is 35.1 Å². The summed E-state index contributed by atoms with van der Waals surface area (Å²) in [5, 5.41) is 5.65. The quantitative estimate of drug-likeness (QED) is 0.323. The van der Waals surface area contributed by atoms with Gasteiger partial charge >= 0.3 is 0 Å². The number of H-pyrrole nitrogens is 1. The van der Waals surface area contributed by atoms with Crippen molar-refractivity contribution >= 4 is 55.1 Å². The molecule has 0 saturated heterocycles. The summed E-state index contributed by atoms with van der Waals surface area (Å²) in [5.41, 5.74) is 2.58. The summed E-state index contributed by atoms with van der Waals surface area (Å²) in [7, 11) is -0.628.